The number of rotatable bonds is 6. The monoisotopic (exact) mass is 418 g/mol. The minimum Gasteiger partial charge on any atom is -0.493 e. The molecule has 0 aliphatic heterocycles. The molecule has 3 bridgehead atoms. The molecule has 3 saturated carbocycles. The number of anilines is 1. The predicted octanol–water partition coefficient (Wildman–Crippen LogP) is 3.50. The second kappa shape index (κ2) is 7.15. The highest BCUT2D eigenvalue weighted by Gasteiger charge is 2.45. The van der Waals surface area contributed by atoms with Gasteiger partial charge in [0.1, 0.15) is 5.75 Å². The third kappa shape index (κ3) is 3.71. The molecule has 8 heteroatoms. The standard InChI is InChI=1S/C21H30N4O3S/c1-3-15-11-25-20(22-23-21(25)24-29(2,26)27)10-19(15)28-12-17-9-14-6-13-4-5-18(17)16(7-13)8-14/h10-11,13-14,16-18H,3-9,12H2,1-2H3,(H,23,24). The van der Waals surface area contributed by atoms with Crippen LogP contribution in [0.3, 0.4) is 0 Å². The Balaban J connectivity index is 1.36. The molecule has 3 aliphatic rings. The lowest BCUT2D eigenvalue weighted by Crippen LogP contribution is -2.44. The Morgan fingerprint density at radius 3 is 2.79 bits per heavy atom. The number of ether oxygens (including phenoxy) is 1. The van der Waals surface area contributed by atoms with Crippen molar-refractivity contribution in [2.75, 3.05) is 17.6 Å². The minimum atomic E-state index is -3.41. The van der Waals surface area contributed by atoms with Gasteiger partial charge in [0.25, 0.3) is 0 Å². The second-order valence-corrected chi connectivity index (χ2v) is 11.1. The van der Waals surface area contributed by atoms with Crippen LogP contribution in [0.2, 0.25) is 0 Å². The molecule has 1 N–H and O–H groups in total. The summed E-state index contributed by atoms with van der Waals surface area (Å²) < 4.78 is 33.6. The van der Waals surface area contributed by atoms with E-state index in [0.717, 1.165) is 54.3 Å². The molecule has 5 unspecified atom stereocenters. The first-order valence-electron chi connectivity index (χ1n) is 10.9. The van der Waals surface area contributed by atoms with Crippen molar-refractivity contribution in [1.82, 2.24) is 14.6 Å². The Morgan fingerprint density at radius 1 is 1.17 bits per heavy atom. The van der Waals surface area contributed by atoms with Crippen LogP contribution in [0, 0.1) is 29.6 Å². The minimum absolute atomic E-state index is 0.209. The molecule has 2 heterocycles. The molecule has 2 aromatic rings. The van der Waals surface area contributed by atoms with Crippen LogP contribution in [-0.4, -0.2) is 35.9 Å². The van der Waals surface area contributed by atoms with E-state index in [1.807, 2.05) is 12.3 Å². The molecule has 0 saturated heterocycles. The van der Waals surface area contributed by atoms with Crippen molar-refractivity contribution in [3.05, 3.63) is 17.8 Å². The lowest BCUT2D eigenvalue weighted by atomic mass is 9.54. The zero-order valence-corrected chi connectivity index (χ0v) is 18.0. The van der Waals surface area contributed by atoms with Crippen LogP contribution in [0.15, 0.2) is 12.3 Å². The summed E-state index contributed by atoms with van der Waals surface area (Å²) in [5.41, 5.74) is 1.62. The zero-order valence-electron chi connectivity index (χ0n) is 17.2. The molecule has 2 aromatic heterocycles. The van der Waals surface area contributed by atoms with Crippen LogP contribution < -0.4 is 9.46 Å². The third-order valence-electron chi connectivity index (χ3n) is 7.39. The number of aryl methyl sites for hydroxylation is 1. The van der Waals surface area contributed by atoms with E-state index < -0.39 is 10.0 Å². The van der Waals surface area contributed by atoms with E-state index >= 15 is 0 Å². The van der Waals surface area contributed by atoms with Crippen molar-refractivity contribution < 1.29 is 13.2 Å². The first-order chi connectivity index (χ1) is 13.9. The molecular weight excluding hydrogens is 388 g/mol. The van der Waals surface area contributed by atoms with Crippen molar-refractivity contribution in [2.24, 2.45) is 29.6 Å². The van der Waals surface area contributed by atoms with Crippen molar-refractivity contribution in [2.45, 2.75) is 51.9 Å². The smallest absolute Gasteiger partial charge is 0.242 e. The molecule has 0 spiro atoms. The van der Waals surface area contributed by atoms with Crippen molar-refractivity contribution >= 4 is 21.6 Å². The largest absolute Gasteiger partial charge is 0.493 e. The summed E-state index contributed by atoms with van der Waals surface area (Å²) >= 11 is 0. The Kier molecular flexibility index (Phi) is 4.72. The number of hydrogen-bond acceptors (Lipinski definition) is 5. The normalized spacial score (nSPS) is 31.2. The van der Waals surface area contributed by atoms with Crippen LogP contribution in [0.25, 0.3) is 5.65 Å². The van der Waals surface area contributed by atoms with E-state index in [4.69, 9.17) is 4.74 Å². The number of nitrogens with one attached hydrogen (secondary N) is 1. The van der Waals surface area contributed by atoms with Crippen LogP contribution >= 0.6 is 0 Å². The lowest BCUT2D eigenvalue weighted by molar-refractivity contribution is -0.0260. The summed E-state index contributed by atoms with van der Waals surface area (Å²) in [5.74, 6) is 5.36. The van der Waals surface area contributed by atoms with Gasteiger partial charge in [-0.1, -0.05) is 13.3 Å². The molecule has 3 aliphatic carbocycles. The topological polar surface area (TPSA) is 85.6 Å². The van der Waals surface area contributed by atoms with Gasteiger partial charge in [0.2, 0.25) is 16.0 Å². The molecule has 158 valence electrons. The fourth-order valence-electron chi connectivity index (χ4n) is 6.26. The Labute approximate surface area is 172 Å². The molecule has 29 heavy (non-hydrogen) atoms. The van der Waals surface area contributed by atoms with E-state index in [1.165, 1.54) is 38.5 Å². The van der Waals surface area contributed by atoms with E-state index in [9.17, 15) is 8.42 Å². The molecule has 7 nitrogen and oxygen atoms in total. The summed E-state index contributed by atoms with van der Waals surface area (Å²) in [6, 6.07) is 1.89. The molecule has 0 aromatic carbocycles. The second-order valence-electron chi connectivity index (χ2n) is 9.39. The number of hydrogen-bond donors (Lipinski definition) is 1. The Bertz CT molecular complexity index is 1010. The molecule has 5 atom stereocenters. The van der Waals surface area contributed by atoms with Gasteiger partial charge in [-0.25, -0.2) is 8.42 Å². The highest BCUT2D eigenvalue weighted by molar-refractivity contribution is 7.91. The number of sulfonamides is 1. The average Bonchev–Trinajstić information content (AvgIpc) is 3.03. The Morgan fingerprint density at radius 2 is 2.00 bits per heavy atom. The van der Waals surface area contributed by atoms with Gasteiger partial charge in [-0.2, -0.15) is 0 Å². The summed E-state index contributed by atoms with van der Waals surface area (Å²) in [5, 5.41) is 8.11. The molecule has 5 rings (SSSR count). The number of pyridine rings is 1. The summed E-state index contributed by atoms with van der Waals surface area (Å²) in [6.07, 6.45) is 12.2. The number of nitrogens with zero attached hydrogens (tertiary/aromatic N) is 3. The lowest BCUT2D eigenvalue weighted by Gasteiger charge is -2.51. The van der Waals surface area contributed by atoms with E-state index in [1.54, 1.807) is 4.40 Å². The maximum Gasteiger partial charge on any atom is 0.242 e. The maximum atomic E-state index is 11.6. The highest BCUT2D eigenvalue weighted by Crippen LogP contribution is 2.54. The first-order valence-corrected chi connectivity index (χ1v) is 12.8. The molecular formula is C21H30N4O3S. The van der Waals surface area contributed by atoms with Gasteiger partial charge in [0.05, 0.1) is 12.9 Å². The third-order valence-corrected chi connectivity index (χ3v) is 7.94. The van der Waals surface area contributed by atoms with Crippen molar-refractivity contribution in [3.8, 4) is 5.75 Å². The van der Waals surface area contributed by atoms with E-state index in [-0.39, 0.29) is 5.95 Å². The van der Waals surface area contributed by atoms with Gasteiger partial charge in [-0.05, 0) is 68.1 Å². The van der Waals surface area contributed by atoms with Gasteiger partial charge in [-0.3, -0.25) is 9.12 Å². The maximum absolute atomic E-state index is 11.6. The van der Waals surface area contributed by atoms with Gasteiger partial charge in [0, 0.05) is 17.8 Å². The molecule has 0 amide bonds. The average molecular weight is 419 g/mol. The van der Waals surface area contributed by atoms with Crippen molar-refractivity contribution in [3.63, 3.8) is 0 Å². The molecule has 0 radical (unpaired) electrons. The quantitative estimate of drug-likeness (QED) is 0.776. The van der Waals surface area contributed by atoms with Crippen molar-refractivity contribution in [1.29, 1.82) is 0 Å². The summed E-state index contributed by atoms with van der Waals surface area (Å²) in [6.45, 7) is 2.85. The predicted molar refractivity (Wildman–Crippen MR) is 111 cm³/mol. The summed E-state index contributed by atoms with van der Waals surface area (Å²) in [4.78, 5) is 0. The highest BCUT2D eigenvalue weighted by atomic mass is 32.2. The van der Waals surface area contributed by atoms with Crippen LogP contribution in [-0.2, 0) is 16.4 Å². The number of fused-ring (bicyclic) bond motifs is 3. The van der Waals surface area contributed by atoms with Crippen LogP contribution in [0.5, 0.6) is 5.75 Å². The fourth-order valence-corrected chi connectivity index (χ4v) is 6.73. The van der Waals surface area contributed by atoms with Gasteiger partial charge in [0.15, 0.2) is 5.65 Å². The van der Waals surface area contributed by atoms with Gasteiger partial charge < -0.3 is 4.74 Å². The van der Waals surface area contributed by atoms with Gasteiger partial charge in [-0.15, -0.1) is 10.2 Å². The SMILES string of the molecule is CCc1cn2c(NS(C)(=O)=O)nnc2cc1OCC1CC2CC3CCC1C(C3)C2. The van der Waals surface area contributed by atoms with Gasteiger partial charge >= 0.3 is 0 Å². The number of aromatic nitrogens is 3. The van der Waals surface area contributed by atoms with Crippen LogP contribution in [0.4, 0.5) is 5.95 Å². The van der Waals surface area contributed by atoms with Crippen LogP contribution in [0.1, 0.15) is 51.0 Å². The zero-order chi connectivity index (χ0) is 20.2. The van der Waals surface area contributed by atoms with E-state index in [2.05, 4.69) is 21.8 Å². The summed E-state index contributed by atoms with van der Waals surface area (Å²) in [7, 11) is -3.41. The Hall–Kier alpha value is -1.83. The molecule has 3 fully saturated rings. The fraction of sp³-hybridized carbons (Fsp3) is 0.714. The first kappa shape index (κ1) is 19.2. The van der Waals surface area contributed by atoms with E-state index in [0.29, 0.717) is 11.6 Å².